The summed E-state index contributed by atoms with van der Waals surface area (Å²) >= 11 is 0. The fourth-order valence-electron chi connectivity index (χ4n) is 2.21. The molecule has 0 bridgehead atoms. The molecule has 20 heavy (non-hydrogen) atoms. The zero-order chi connectivity index (χ0) is 13.8. The lowest BCUT2D eigenvalue weighted by Gasteiger charge is -2.16. The summed E-state index contributed by atoms with van der Waals surface area (Å²) < 4.78 is 1.63. The molecule has 1 N–H and O–H groups in total. The number of aromatic nitrogens is 4. The fraction of sp³-hybridized carbons (Fsp3) is 0.286. The Balaban J connectivity index is 1.73. The molecule has 1 aliphatic carbocycles. The Morgan fingerprint density at radius 3 is 3.05 bits per heavy atom. The van der Waals surface area contributed by atoms with Crippen LogP contribution in [0.15, 0.2) is 43.0 Å². The van der Waals surface area contributed by atoms with Crippen LogP contribution in [0.25, 0.3) is 5.82 Å². The summed E-state index contributed by atoms with van der Waals surface area (Å²) in [6, 6.07) is 3.53. The van der Waals surface area contributed by atoms with Crippen molar-refractivity contribution < 1.29 is 4.79 Å². The number of amides is 1. The molecule has 0 saturated carbocycles. The van der Waals surface area contributed by atoms with Crippen molar-refractivity contribution in [3.63, 3.8) is 0 Å². The monoisotopic (exact) mass is 269 g/mol. The van der Waals surface area contributed by atoms with Gasteiger partial charge in [0, 0.05) is 24.4 Å². The first-order valence-electron chi connectivity index (χ1n) is 6.61. The van der Waals surface area contributed by atoms with E-state index in [1.807, 2.05) is 6.07 Å². The van der Waals surface area contributed by atoms with E-state index < -0.39 is 0 Å². The summed E-state index contributed by atoms with van der Waals surface area (Å²) in [5.41, 5.74) is 0. The lowest BCUT2D eigenvalue weighted by atomic mass is 9.94. The van der Waals surface area contributed by atoms with Crippen LogP contribution in [0.2, 0.25) is 0 Å². The van der Waals surface area contributed by atoms with Gasteiger partial charge in [-0.2, -0.15) is 5.10 Å². The Kier molecular flexibility index (Phi) is 3.54. The minimum absolute atomic E-state index is 0.0134. The highest BCUT2D eigenvalue weighted by Crippen LogP contribution is 2.20. The second-order valence-corrected chi connectivity index (χ2v) is 4.68. The van der Waals surface area contributed by atoms with Crippen LogP contribution in [0.5, 0.6) is 0 Å². The summed E-state index contributed by atoms with van der Waals surface area (Å²) in [6.07, 6.45) is 11.7. The Bertz CT molecular complexity index is 620. The van der Waals surface area contributed by atoms with Gasteiger partial charge in [0.1, 0.15) is 12.1 Å². The number of nitrogens with one attached hydrogen (secondary N) is 1. The van der Waals surface area contributed by atoms with Crippen molar-refractivity contribution in [3.05, 3.63) is 43.0 Å². The molecule has 102 valence electrons. The minimum atomic E-state index is 0.0134. The van der Waals surface area contributed by atoms with E-state index in [2.05, 4.69) is 32.5 Å². The van der Waals surface area contributed by atoms with E-state index in [-0.39, 0.29) is 11.8 Å². The van der Waals surface area contributed by atoms with Gasteiger partial charge in [-0.25, -0.2) is 14.6 Å². The Morgan fingerprint density at radius 1 is 1.35 bits per heavy atom. The molecule has 0 aliphatic heterocycles. The number of carbonyl (C=O) groups is 1. The van der Waals surface area contributed by atoms with Crippen LogP contribution in [0.3, 0.4) is 0 Å². The van der Waals surface area contributed by atoms with E-state index in [1.54, 1.807) is 23.1 Å². The summed E-state index contributed by atoms with van der Waals surface area (Å²) in [7, 11) is 0. The second kappa shape index (κ2) is 5.64. The maximum absolute atomic E-state index is 12.1. The first-order valence-corrected chi connectivity index (χ1v) is 6.61. The van der Waals surface area contributed by atoms with Gasteiger partial charge in [-0.1, -0.05) is 12.2 Å². The molecule has 0 aromatic carbocycles. The minimum Gasteiger partial charge on any atom is -0.310 e. The van der Waals surface area contributed by atoms with Crippen molar-refractivity contribution in [3.8, 4) is 5.82 Å². The number of hydrogen-bond acceptors (Lipinski definition) is 4. The predicted octanol–water partition coefficient (Wildman–Crippen LogP) is 1.96. The molecule has 1 amide bonds. The number of allylic oxidation sites excluding steroid dienone is 2. The normalized spacial score (nSPS) is 17.9. The number of carbonyl (C=O) groups excluding carboxylic acids is 1. The number of rotatable bonds is 3. The molecule has 2 heterocycles. The van der Waals surface area contributed by atoms with Crippen LogP contribution in [-0.4, -0.2) is 25.7 Å². The van der Waals surface area contributed by atoms with Gasteiger partial charge >= 0.3 is 0 Å². The van der Waals surface area contributed by atoms with Gasteiger partial charge in [0.2, 0.25) is 5.91 Å². The third-order valence-electron chi connectivity index (χ3n) is 3.28. The predicted molar refractivity (Wildman–Crippen MR) is 74.3 cm³/mol. The van der Waals surface area contributed by atoms with Crippen LogP contribution in [0, 0.1) is 5.92 Å². The zero-order valence-corrected chi connectivity index (χ0v) is 10.9. The summed E-state index contributed by atoms with van der Waals surface area (Å²) in [6.45, 7) is 0. The quantitative estimate of drug-likeness (QED) is 0.864. The van der Waals surface area contributed by atoms with Gasteiger partial charge in [-0.15, -0.1) is 0 Å². The fourth-order valence-corrected chi connectivity index (χ4v) is 2.21. The second-order valence-electron chi connectivity index (χ2n) is 4.68. The largest absolute Gasteiger partial charge is 0.310 e. The molecular weight excluding hydrogens is 254 g/mol. The van der Waals surface area contributed by atoms with Crippen LogP contribution < -0.4 is 5.32 Å². The number of anilines is 1. The van der Waals surface area contributed by atoms with E-state index in [9.17, 15) is 4.79 Å². The van der Waals surface area contributed by atoms with E-state index >= 15 is 0 Å². The van der Waals surface area contributed by atoms with Crippen LogP contribution in [0.1, 0.15) is 19.3 Å². The molecule has 1 atom stereocenters. The van der Waals surface area contributed by atoms with Gasteiger partial charge < -0.3 is 5.32 Å². The standard InChI is InChI=1S/C14H15N5O/c20-14(11-5-2-1-3-6-11)18-12-9-13(16-10-15-12)19-8-4-7-17-19/h1-2,4,7-11H,3,5-6H2,(H,15,16,18,20). The SMILES string of the molecule is O=C(Nc1cc(-n2cccn2)ncn1)C1CC=CCC1. The van der Waals surface area contributed by atoms with E-state index in [0.29, 0.717) is 11.6 Å². The number of hydrogen-bond donors (Lipinski definition) is 1. The van der Waals surface area contributed by atoms with Crippen molar-refractivity contribution in [2.24, 2.45) is 5.92 Å². The zero-order valence-electron chi connectivity index (χ0n) is 10.9. The molecule has 0 spiro atoms. The highest BCUT2D eigenvalue weighted by atomic mass is 16.1. The van der Waals surface area contributed by atoms with Crippen LogP contribution >= 0.6 is 0 Å². The molecule has 0 radical (unpaired) electrons. The third-order valence-corrected chi connectivity index (χ3v) is 3.28. The molecular formula is C14H15N5O. The molecule has 0 fully saturated rings. The first kappa shape index (κ1) is 12.5. The van der Waals surface area contributed by atoms with Crippen molar-refractivity contribution in [2.75, 3.05) is 5.32 Å². The smallest absolute Gasteiger partial charge is 0.228 e. The Labute approximate surface area is 116 Å². The van der Waals surface area contributed by atoms with E-state index in [0.717, 1.165) is 19.3 Å². The van der Waals surface area contributed by atoms with Gasteiger partial charge in [0.25, 0.3) is 0 Å². The number of nitrogens with zero attached hydrogens (tertiary/aromatic N) is 4. The average molecular weight is 269 g/mol. The summed E-state index contributed by atoms with van der Waals surface area (Å²) in [4.78, 5) is 20.3. The lowest BCUT2D eigenvalue weighted by molar-refractivity contribution is -0.120. The van der Waals surface area contributed by atoms with E-state index in [1.165, 1.54) is 6.33 Å². The van der Waals surface area contributed by atoms with Crippen molar-refractivity contribution in [2.45, 2.75) is 19.3 Å². The Hall–Kier alpha value is -2.50. The van der Waals surface area contributed by atoms with Crippen LogP contribution in [0.4, 0.5) is 5.82 Å². The third kappa shape index (κ3) is 2.74. The molecule has 1 unspecified atom stereocenters. The van der Waals surface area contributed by atoms with Crippen molar-refractivity contribution in [1.82, 2.24) is 19.7 Å². The van der Waals surface area contributed by atoms with Crippen LogP contribution in [-0.2, 0) is 4.79 Å². The highest BCUT2D eigenvalue weighted by molar-refractivity contribution is 5.92. The van der Waals surface area contributed by atoms with Crippen molar-refractivity contribution in [1.29, 1.82) is 0 Å². The summed E-state index contributed by atoms with van der Waals surface area (Å²) in [5, 5.41) is 6.95. The molecule has 1 aliphatic rings. The maximum Gasteiger partial charge on any atom is 0.228 e. The van der Waals surface area contributed by atoms with Crippen molar-refractivity contribution >= 4 is 11.7 Å². The molecule has 6 nitrogen and oxygen atoms in total. The average Bonchev–Trinajstić information content (AvgIpc) is 3.03. The van der Waals surface area contributed by atoms with Gasteiger partial charge in [-0.3, -0.25) is 4.79 Å². The molecule has 3 rings (SSSR count). The summed E-state index contributed by atoms with van der Waals surface area (Å²) in [5.74, 6) is 1.18. The maximum atomic E-state index is 12.1. The first-order chi connectivity index (χ1) is 9.83. The highest BCUT2D eigenvalue weighted by Gasteiger charge is 2.19. The topological polar surface area (TPSA) is 72.7 Å². The van der Waals surface area contributed by atoms with Gasteiger partial charge in [0.15, 0.2) is 5.82 Å². The van der Waals surface area contributed by atoms with E-state index in [4.69, 9.17) is 0 Å². The lowest BCUT2D eigenvalue weighted by Crippen LogP contribution is -2.24. The van der Waals surface area contributed by atoms with Gasteiger partial charge in [0.05, 0.1) is 0 Å². The van der Waals surface area contributed by atoms with Gasteiger partial charge in [-0.05, 0) is 25.3 Å². The molecule has 2 aromatic heterocycles. The molecule has 2 aromatic rings. The Morgan fingerprint density at radius 2 is 2.30 bits per heavy atom. The molecule has 6 heteroatoms. The molecule has 0 saturated heterocycles.